The van der Waals surface area contributed by atoms with Crippen molar-refractivity contribution in [2.24, 2.45) is 0 Å². The molecular weight excluding hydrogens is 242 g/mol. The summed E-state index contributed by atoms with van der Waals surface area (Å²) in [5, 5.41) is 2.88. The zero-order valence-corrected chi connectivity index (χ0v) is 11.5. The molecule has 1 aliphatic rings. The highest BCUT2D eigenvalue weighted by molar-refractivity contribution is 5.89. The summed E-state index contributed by atoms with van der Waals surface area (Å²) in [6, 6.07) is 7.04. The minimum Gasteiger partial charge on any atom is -0.399 e. The van der Waals surface area contributed by atoms with E-state index in [1.54, 1.807) is 36.3 Å². The fraction of sp³-hybridized carbons (Fsp3) is 0.500. The van der Waals surface area contributed by atoms with E-state index in [-0.39, 0.29) is 11.6 Å². The Labute approximate surface area is 113 Å². The molecule has 1 heterocycles. The Balaban J connectivity index is 1.98. The van der Waals surface area contributed by atoms with Crippen molar-refractivity contribution in [1.29, 1.82) is 0 Å². The Kier molecular flexibility index (Phi) is 3.95. The molecule has 2 amide bonds. The molecule has 0 radical (unpaired) electrons. The third kappa shape index (κ3) is 3.38. The zero-order valence-electron chi connectivity index (χ0n) is 11.5. The first-order chi connectivity index (χ1) is 9.02. The summed E-state index contributed by atoms with van der Waals surface area (Å²) >= 11 is 0. The van der Waals surface area contributed by atoms with E-state index >= 15 is 0 Å². The molecule has 1 fully saturated rings. The van der Waals surface area contributed by atoms with Gasteiger partial charge in [-0.3, -0.25) is 0 Å². The van der Waals surface area contributed by atoms with E-state index in [4.69, 9.17) is 10.5 Å². The van der Waals surface area contributed by atoms with E-state index in [2.05, 4.69) is 5.32 Å². The Hall–Kier alpha value is -1.75. The lowest BCUT2D eigenvalue weighted by Gasteiger charge is -2.39. The van der Waals surface area contributed by atoms with Crippen molar-refractivity contribution < 1.29 is 9.53 Å². The van der Waals surface area contributed by atoms with Gasteiger partial charge in [-0.25, -0.2) is 4.79 Å². The van der Waals surface area contributed by atoms with Crippen molar-refractivity contribution in [3.8, 4) is 0 Å². The Morgan fingerprint density at radius 2 is 2.11 bits per heavy atom. The molecule has 0 spiro atoms. The second-order valence-corrected chi connectivity index (χ2v) is 5.23. The quantitative estimate of drug-likeness (QED) is 0.804. The van der Waals surface area contributed by atoms with Crippen LogP contribution < -0.4 is 11.1 Å². The fourth-order valence-corrected chi connectivity index (χ4v) is 2.31. The highest BCUT2D eigenvalue weighted by Crippen LogP contribution is 2.24. The number of ether oxygens (including phenoxy) is 1. The number of likely N-dealkylation sites (tertiary alicyclic amines) is 1. The number of urea groups is 1. The van der Waals surface area contributed by atoms with Crippen LogP contribution >= 0.6 is 0 Å². The first-order valence-corrected chi connectivity index (χ1v) is 6.49. The largest absolute Gasteiger partial charge is 0.399 e. The molecule has 1 aliphatic heterocycles. The summed E-state index contributed by atoms with van der Waals surface area (Å²) in [5.41, 5.74) is 6.81. The average Bonchev–Trinajstić information content (AvgIpc) is 2.41. The fourth-order valence-electron chi connectivity index (χ4n) is 2.31. The second kappa shape index (κ2) is 5.48. The minimum atomic E-state index is -0.239. The molecule has 2 rings (SSSR count). The maximum atomic E-state index is 12.2. The van der Waals surface area contributed by atoms with E-state index in [9.17, 15) is 4.79 Å². The van der Waals surface area contributed by atoms with Gasteiger partial charge in [0.2, 0.25) is 0 Å². The van der Waals surface area contributed by atoms with Crippen LogP contribution in [0.2, 0.25) is 0 Å². The molecule has 0 aliphatic carbocycles. The van der Waals surface area contributed by atoms with Crippen LogP contribution in [-0.4, -0.2) is 36.7 Å². The van der Waals surface area contributed by atoms with Crippen molar-refractivity contribution in [1.82, 2.24) is 4.90 Å². The number of rotatable bonds is 2. The van der Waals surface area contributed by atoms with Gasteiger partial charge in [-0.1, -0.05) is 0 Å². The molecule has 1 aromatic rings. The van der Waals surface area contributed by atoms with Gasteiger partial charge < -0.3 is 20.7 Å². The van der Waals surface area contributed by atoms with Crippen LogP contribution in [0.4, 0.5) is 16.2 Å². The molecular formula is C14H21N3O2. The minimum absolute atomic E-state index is 0.0900. The average molecular weight is 263 g/mol. The highest BCUT2D eigenvalue weighted by atomic mass is 16.5. The number of nitrogens with two attached hydrogens (primary N) is 1. The molecule has 1 aromatic carbocycles. The monoisotopic (exact) mass is 263 g/mol. The van der Waals surface area contributed by atoms with Crippen molar-refractivity contribution >= 4 is 17.4 Å². The number of methoxy groups -OCH3 is 1. The van der Waals surface area contributed by atoms with E-state index in [1.165, 1.54) is 0 Å². The lowest BCUT2D eigenvalue weighted by molar-refractivity contribution is -0.0389. The summed E-state index contributed by atoms with van der Waals surface area (Å²) in [7, 11) is 1.70. The number of nitrogen functional groups attached to an aromatic ring is 1. The molecule has 3 N–H and O–H groups in total. The molecule has 0 aromatic heterocycles. The van der Waals surface area contributed by atoms with Gasteiger partial charge >= 0.3 is 6.03 Å². The number of benzene rings is 1. The lowest BCUT2D eigenvalue weighted by atomic mass is 9.95. The standard InChI is InChI=1S/C14H21N3O2/c1-14(19-2)8-3-9-17(10-14)13(18)16-12-6-4-11(15)5-7-12/h4-7H,3,8-10,15H2,1-2H3,(H,16,18). The smallest absolute Gasteiger partial charge is 0.321 e. The molecule has 19 heavy (non-hydrogen) atoms. The Bertz CT molecular complexity index is 447. The van der Waals surface area contributed by atoms with Crippen molar-refractivity contribution in [3.63, 3.8) is 0 Å². The predicted molar refractivity (Wildman–Crippen MR) is 76.1 cm³/mol. The number of piperidine rings is 1. The predicted octanol–water partition coefficient (Wildman–Crippen LogP) is 2.30. The van der Waals surface area contributed by atoms with Gasteiger partial charge in [0.1, 0.15) is 0 Å². The topological polar surface area (TPSA) is 67.6 Å². The van der Waals surface area contributed by atoms with Gasteiger partial charge in [0.05, 0.1) is 12.1 Å². The molecule has 5 heteroatoms. The maximum absolute atomic E-state index is 12.2. The van der Waals surface area contributed by atoms with Crippen LogP contribution in [0.3, 0.4) is 0 Å². The number of amides is 2. The van der Waals surface area contributed by atoms with Gasteiger partial charge in [-0.15, -0.1) is 0 Å². The number of nitrogens with one attached hydrogen (secondary N) is 1. The van der Waals surface area contributed by atoms with Gasteiger partial charge in [0, 0.05) is 25.0 Å². The second-order valence-electron chi connectivity index (χ2n) is 5.23. The number of hydrogen-bond acceptors (Lipinski definition) is 3. The van der Waals surface area contributed by atoms with Crippen LogP contribution in [0.15, 0.2) is 24.3 Å². The molecule has 0 saturated carbocycles. The normalized spacial score (nSPS) is 23.2. The van der Waals surface area contributed by atoms with Gasteiger partial charge in [0.15, 0.2) is 0 Å². The summed E-state index contributed by atoms with van der Waals surface area (Å²) in [6.07, 6.45) is 1.94. The summed E-state index contributed by atoms with van der Waals surface area (Å²) in [6.45, 7) is 3.42. The number of hydrogen-bond donors (Lipinski definition) is 2. The zero-order chi connectivity index (χ0) is 13.9. The van der Waals surface area contributed by atoms with Crippen LogP contribution in [0, 0.1) is 0 Å². The number of carbonyl (C=O) groups is 1. The number of anilines is 2. The molecule has 1 saturated heterocycles. The molecule has 5 nitrogen and oxygen atoms in total. The van der Waals surface area contributed by atoms with E-state index in [1.807, 2.05) is 6.92 Å². The Morgan fingerprint density at radius 1 is 1.42 bits per heavy atom. The molecule has 1 unspecified atom stereocenters. The summed E-state index contributed by atoms with van der Waals surface area (Å²) in [4.78, 5) is 14.0. The number of carbonyl (C=O) groups excluding carboxylic acids is 1. The van der Waals surface area contributed by atoms with Crippen LogP contribution in [0.5, 0.6) is 0 Å². The van der Waals surface area contributed by atoms with Crippen molar-refractivity contribution in [2.75, 3.05) is 31.2 Å². The van der Waals surface area contributed by atoms with Crippen LogP contribution in [-0.2, 0) is 4.74 Å². The molecule has 104 valence electrons. The Morgan fingerprint density at radius 3 is 2.74 bits per heavy atom. The van der Waals surface area contributed by atoms with Crippen LogP contribution in [0.1, 0.15) is 19.8 Å². The van der Waals surface area contributed by atoms with Gasteiger partial charge in [-0.2, -0.15) is 0 Å². The summed E-state index contributed by atoms with van der Waals surface area (Å²) in [5.74, 6) is 0. The van der Waals surface area contributed by atoms with Crippen molar-refractivity contribution in [2.45, 2.75) is 25.4 Å². The van der Waals surface area contributed by atoms with Crippen LogP contribution in [0.25, 0.3) is 0 Å². The first-order valence-electron chi connectivity index (χ1n) is 6.49. The van der Waals surface area contributed by atoms with Gasteiger partial charge in [0.25, 0.3) is 0 Å². The number of nitrogens with zero attached hydrogens (tertiary/aromatic N) is 1. The first kappa shape index (κ1) is 13.7. The molecule has 1 atom stereocenters. The lowest BCUT2D eigenvalue weighted by Crippen LogP contribution is -2.50. The van der Waals surface area contributed by atoms with Gasteiger partial charge in [-0.05, 0) is 44.0 Å². The third-order valence-corrected chi connectivity index (χ3v) is 3.60. The summed E-state index contributed by atoms with van der Waals surface area (Å²) < 4.78 is 5.49. The van der Waals surface area contributed by atoms with E-state index in [0.29, 0.717) is 12.2 Å². The highest BCUT2D eigenvalue weighted by Gasteiger charge is 2.32. The van der Waals surface area contributed by atoms with E-state index in [0.717, 1.165) is 25.1 Å². The molecule has 0 bridgehead atoms. The maximum Gasteiger partial charge on any atom is 0.321 e. The SMILES string of the molecule is COC1(C)CCCN(C(=O)Nc2ccc(N)cc2)C1. The van der Waals surface area contributed by atoms with Crippen molar-refractivity contribution in [3.05, 3.63) is 24.3 Å². The van der Waals surface area contributed by atoms with E-state index < -0.39 is 0 Å². The third-order valence-electron chi connectivity index (χ3n) is 3.60.